The maximum atomic E-state index is 13.8. The second-order valence-electron chi connectivity index (χ2n) is 5.54. The molecule has 0 aliphatic carbocycles. The SMILES string of the molecule is COC(=O)CC1(C)C[C@@H](F)CN1S(=O)(=O)c1ccc(F)cc1. The van der Waals surface area contributed by atoms with Crippen LogP contribution >= 0.6 is 0 Å². The fraction of sp³-hybridized carbons (Fsp3) is 0.500. The molecule has 5 nitrogen and oxygen atoms in total. The zero-order valence-electron chi connectivity index (χ0n) is 12.3. The fourth-order valence-corrected chi connectivity index (χ4v) is 4.52. The van der Waals surface area contributed by atoms with Gasteiger partial charge in [0.1, 0.15) is 12.0 Å². The molecule has 0 saturated carbocycles. The van der Waals surface area contributed by atoms with Crippen molar-refractivity contribution in [3.05, 3.63) is 30.1 Å². The Balaban J connectivity index is 2.39. The quantitative estimate of drug-likeness (QED) is 0.789. The Hall–Kier alpha value is -1.54. The second-order valence-corrected chi connectivity index (χ2v) is 7.40. The highest BCUT2D eigenvalue weighted by Crippen LogP contribution is 2.38. The minimum absolute atomic E-state index is 0.0947. The largest absolute Gasteiger partial charge is 0.469 e. The number of hydrogen-bond donors (Lipinski definition) is 0. The molecule has 122 valence electrons. The first-order valence-corrected chi connectivity index (χ1v) is 8.12. The topological polar surface area (TPSA) is 63.7 Å². The van der Waals surface area contributed by atoms with Gasteiger partial charge in [-0.25, -0.2) is 17.2 Å². The van der Waals surface area contributed by atoms with Gasteiger partial charge in [0.2, 0.25) is 10.0 Å². The van der Waals surface area contributed by atoms with Gasteiger partial charge < -0.3 is 4.74 Å². The molecule has 1 heterocycles. The molecule has 1 aliphatic rings. The van der Waals surface area contributed by atoms with Crippen LogP contribution in [0.2, 0.25) is 0 Å². The molecule has 0 amide bonds. The van der Waals surface area contributed by atoms with Gasteiger partial charge in [0.05, 0.1) is 18.4 Å². The number of nitrogens with zero attached hydrogens (tertiary/aromatic N) is 1. The standard InChI is InChI=1S/C14H17F2NO4S/c1-14(8-13(18)21-2)7-11(16)9-17(14)22(19,20)12-5-3-10(15)4-6-12/h3-6,11H,7-9H2,1-2H3/t11-,14?/m1/s1. The highest BCUT2D eigenvalue weighted by molar-refractivity contribution is 7.89. The van der Waals surface area contributed by atoms with Gasteiger partial charge in [-0.3, -0.25) is 4.79 Å². The molecule has 0 bridgehead atoms. The lowest BCUT2D eigenvalue weighted by Gasteiger charge is -2.32. The summed E-state index contributed by atoms with van der Waals surface area (Å²) >= 11 is 0. The van der Waals surface area contributed by atoms with Crippen LogP contribution in [0.3, 0.4) is 0 Å². The summed E-state index contributed by atoms with van der Waals surface area (Å²) in [6, 6.07) is 4.28. The summed E-state index contributed by atoms with van der Waals surface area (Å²) in [4.78, 5) is 11.4. The van der Waals surface area contributed by atoms with E-state index in [1.54, 1.807) is 0 Å². The predicted molar refractivity (Wildman–Crippen MR) is 74.8 cm³/mol. The lowest BCUT2D eigenvalue weighted by atomic mass is 9.96. The number of sulfonamides is 1. The van der Waals surface area contributed by atoms with Crippen LogP contribution in [-0.2, 0) is 19.6 Å². The lowest BCUT2D eigenvalue weighted by Crippen LogP contribution is -2.46. The maximum Gasteiger partial charge on any atom is 0.307 e. The smallest absolute Gasteiger partial charge is 0.307 e. The van der Waals surface area contributed by atoms with Crippen molar-refractivity contribution in [2.75, 3.05) is 13.7 Å². The Morgan fingerprint density at radius 1 is 1.41 bits per heavy atom. The molecule has 2 rings (SSSR count). The number of esters is 1. The monoisotopic (exact) mass is 333 g/mol. The summed E-state index contributed by atoms with van der Waals surface area (Å²) in [7, 11) is -2.84. The molecule has 1 saturated heterocycles. The van der Waals surface area contributed by atoms with E-state index in [-0.39, 0.29) is 24.3 Å². The Morgan fingerprint density at radius 3 is 2.55 bits per heavy atom. The maximum absolute atomic E-state index is 13.8. The van der Waals surface area contributed by atoms with Crippen molar-refractivity contribution in [3.63, 3.8) is 0 Å². The molecule has 0 N–H and O–H groups in total. The summed E-state index contributed by atoms with van der Waals surface area (Å²) in [6.45, 7) is 1.16. The van der Waals surface area contributed by atoms with Gasteiger partial charge in [0.25, 0.3) is 0 Å². The van der Waals surface area contributed by atoms with E-state index in [2.05, 4.69) is 4.74 Å². The van der Waals surface area contributed by atoms with Crippen LogP contribution in [0.1, 0.15) is 19.8 Å². The Bertz CT molecular complexity index is 662. The van der Waals surface area contributed by atoms with E-state index in [0.717, 1.165) is 28.6 Å². The zero-order chi connectivity index (χ0) is 16.5. The molecule has 2 atom stereocenters. The third-order valence-electron chi connectivity index (χ3n) is 3.78. The second kappa shape index (κ2) is 5.92. The molecule has 22 heavy (non-hydrogen) atoms. The number of benzene rings is 1. The number of methoxy groups -OCH3 is 1. The number of carbonyl (C=O) groups is 1. The summed E-state index contributed by atoms with van der Waals surface area (Å²) in [5.74, 6) is -1.18. The Morgan fingerprint density at radius 2 is 2.00 bits per heavy atom. The van der Waals surface area contributed by atoms with Crippen molar-refractivity contribution in [2.24, 2.45) is 0 Å². The van der Waals surface area contributed by atoms with E-state index in [0.29, 0.717) is 0 Å². The van der Waals surface area contributed by atoms with Gasteiger partial charge in [-0.15, -0.1) is 0 Å². The number of halogens is 2. The molecule has 0 aromatic heterocycles. The van der Waals surface area contributed by atoms with Crippen LogP contribution in [0.25, 0.3) is 0 Å². The van der Waals surface area contributed by atoms with E-state index in [4.69, 9.17) is 0 Å². The van der Waals surface area contributed by atoms with Gasteiger partial charge in [-0.05, 0) is 37.6 Å². The third kappa shape index (κ3) is 3.12. The van der Waals surface area contributed by atoms with Gasteiger partial charge >= 0.3 is 5.97 Å². The van der Waals surface area contributed by atoms with Crippen LogP contribution in [0.5, 0.6) is 0 Å². The lowest BCUT2D eigenvalue weighted by molar-refractivity contribution is -0.142. The summed E-state index contributed by atoms with van der Waals surface area (Å²) in [5, 5.41) is 0. The van der Waals surface area contributed by atoms with Gasteiger partial charge in [0.15, 0.2) is 0 Å². The minimum Gasteiger partial charge on any atom is -0.469 e. The Kier molecular flexibility index (Phi) is 4.53. The van der Waals surface area contributed by atoms with Crippen molar-refractivity contribution in [2.45, 2.75) is 36.4 Å². The highest BCUT2D eigenvalue weighted by atomic mass is 32.2. The van der Waals surface area contributed by atoms with Gasteiger partial charge in [0, 0.05) is 12.1 Å². The number of rotatable bonds is 4. The summed E-state index contributed by atoms with van der Waals surface area (Å²) in [6.07, 6.45) is -1.71. The molecule has 0 radical (unpaired) electrons. The van der Waals surface area contributed by atoms with Crippen LogP contribution in [0.4, 0.5) is 8.78 Å². The number of carbonyl (C=O) groups excluding carboxylic acids is 1. The molecule has 1 unspecified atom stereocenters. The first-order chi connectivity index (χ1) is 10.2. The molecule has 1 aromatic carbocycles. The Labute approximate surface area is 127 Å². The minimum atomic E-state index is -4.03. The number of alkyl halides is 1. The zero-order valence-corrected chi connectivity index (χ0v) is 13.1. The van der Waals surface area contributed by atoms with Gasteiger partial charge in [-0.2, -0.15) is 4.31 Å². The molecule has 1 aliphatic heterocycles. The van der Waals surface area contributed by atoms with Crippen LogP contribution in [0, 0.1) is 5.82 Å². The van der Waals surface area contributed by atoms with E-state index in [1.165, 1.54) is 14.0 Å². The first-order valence-electron chi connectivity index (χ1n) is 6.68. The van der Waals surface area contributed by atoms with E-state index in [1.807, 2.05) is 0 Å². The van der Waals surface area contributed by atoms with Crippen LogP contribution in [-0.4, -0.2) is 44.1 Å². The molecule has 1 aromatic rings. The third-order valence-corrected chi connectivity index (χ3v) is 5.82. The normalized spacial score (nSPS) is 26.1. The predicted octanol–water partition coefficient (Wildman–Crippen LogP) is 1.88. The number of ether oxygens (including phenoxy) is 1. The number of hydrogen-bond acceptors (Lipinski definition) is 4. The van der Waals surface area contributed by atoms with Gasteiger partial charge in [-0.1, -0.05) is 0 Å². The van der Waals surface area contributed by atoms with Crippen LogP contribution < -0.4 is 0 Å². The van der Waals surface area contributed by atoms with Crippen LogP contribution in [0.15, 0.2) is 29.2 Å². The van der Waals surface area contributed by atoms with E-state index < -0.39 is 33.5 Å². The van der Waals surface area contributed by atoms with E-state index in [9.17, 15) is 22.0 Å². The first kappa shape index (κ1) is 16.8. The molecule has 8 heteroatoms. The highest BCUT2D eigenvalue weighted by Gasteiger charge is 2.50. The summed E-state index contributed by atoms with van der Waals surface area (Å²) < 4.78 is 57.6. The average Bonchev–Trinajstić information content (AvgIpc) is 2.74. The molecular formula is C14H17F2NO4S. The fourth-order valence-electron chi connectivity index (χ4n) is 2.71. The molecule has 0 spiro atoms. The average molecular weight is 333 g/mol. The van der Waals surface area contributed by atoms with Crippen molar-refractivity contribution < 1.29 is 26.7 Å². The van der Waals surface area contributed by atoms with Crippen molar-refractivity contribution >= 4 is 16.0 Å². The van der Waals surface area contributed by atoms with Crippen molar-refractivity contribution in [1.82, 2.24) is 4.31 Å². The van der Waals surface area contributed by atoms with Crippen molar-refractivity contribution in [3.8, 4) is 0 Å². The summed E-state index contributed by atoms with van der Waals surface area (Å²) in [5.41, 5.74) is -1.21. The molecule has 1 fully saturated rings. The van der Waals surface area contributed by atoms with E-state index >= 15 is 0 Å². The van der Waals surface area contributed by atoms with Crippen molar-refractivity contribution in [1.29, 1.82) is 0 Å². The molecular weight excluding hydrogens is 316 g/mol.